The Morgan fingerprint density at radius 1 is 1.39 bits per heavy atom. The molecule has 1 aromatic rings. The van der Waals surface area contributed by atoms with Gasteiger partial charge in [0.25, 0.3) is 5.91 Å². The highest BCUT2D eigenvalue weighted by atomic mass is 16.2. The van der Waals surface area contributed by atoms with Gasteiger partial charge in [-0.3, -0.25) is 9.78 Å². The summed E-state index contributed by atoms with van der Waals surface area (Å²) in [5.41, 5.74) is 2.72. The highest BCUT2D eigenvalue weighted by Gasteiger charge is 2.22. The van der Waals surface area contributed by atoms with Gasteiger partial charge in [-0.15, -0.1) is 0 Å². The van der Waals surface area contributed by atoms with E-state index in [-0.39, 0.29) is 5.91 Å². The largest absolute Gasteiger partial charge is 0.335 e. The third-order valence-corrected chi connectivity index (χ3v) is 3.11. The molecule has 7 nitrogen and oxygen atoms in total. The standard InChI is InChI=1S/C11H18N6O/c1-2-16-3-5-17(6-4-16)11(18)9-7-13-8-10(14-9)15-12/h7-8H,2-6,12H2,1H3,(H,14,15). The van der Waals surface area contributed by atoms with Gasteiger partial charge in [0.05, 0.1) is 12.4 Å². The molecule has 0 unspecified atom stereocenters. The molecule has 1 amide bonds. The summed E-state index contributed by atoms with van der Waals surface area (Å²) in [5, 5.41) is 0. The first-order chi connectivity index (χ1) is 8.74. The van der Waals surface area contributed by atoms with E-state index in [1.165, 1.54) is 12.4 Å². The molecule has 2 rings (SSSR count). The molecule has 0 atom stereocenters. The van der Waals surface area contributed by atoms with Gasteiger partial charge in [-0.25, -0.2) is 10.8 Å². The zero-order valence-corrected chi connectivity index (χ0v) is 10.5. The number of carbonyl (C=O) groups is 1. The summed E-state index contributed by atoms with van der Waals surface area (Å²) in [5.74, 6) is 5.56. The van der Waals surface area contributed by atoms with Gasteiger partial charge in [0.1, 0.15) is 5.69 Å². The first kappa shape index (κ1) is 12.7. The molecule has 98 valence electrons. The lowest BCUT2D eigenvalue weighted by atomic mass is 10.3. The molecule has 1 aliphatic rings. The van der Waals surface area contributed by atoms with Crippen molar-refractivity contribution in [2.75, 3.05) is 38.1 Å². The summed E-state index contributed by atoms with van der Waals surface area (Å²) in [6.45, 7) is 6.42. The van der Waals surface area contributed by atoms with Crippen molar-refractivity contribution < 1.29 is 4.79 Å². The van der Waals surface area contributed by atoms with Crippen LogP contribution in [-0.2, 0) is 0 Å². The number of aromatic nitrogens is 2. The second-order valence-corrected chi connectivity index (χ2v) is 4.16. The lowest BCUT2D eigenvalue weighted by Crippen LogP contribution is -2.48. The smallest absolute Gasteiger partial charge is 0.274 e. The van der Waals surface area contributed by atoms with Crippen molar-refractivity contribution in [1.82, 2.24) is 19.8 Å². The maximum atomic E-state index is 12.2. The maximum Gasteiger partial charge on any atom is 0.274 e. The number of hydrogen-bond donors (Lipinski definition) is 2. The first-order valence-corrected chi connectivity index (χ1v) is 6.05. The number of anilines is 1. The molecule has 1 fully saturated rings. The molecule has 0 radical (unpaired) electrons. The molecular formula is C11H18N6O. The number of hydrogen-bond acceptors (Lipinski definition) is 6. The Morgan fingerprint density at radius 2 is 2.11 bits per heavy atom. The number of nitrogens with two attached hydrogens (primary N) is 1. The summed E-state index contributed by atoms with van der Waals surface area (Å²) in [6, 6.07) is 0. The number of nitrogens with zero attached hydrogens (tertiary/aromatic N) is 4. The lowest BCUT2D eigenvalue weighted by Gasteiger charge is -2.33. The van der Waals surface area contributed by atoms with E-state index >= 15 is 0 Å². The molecule has 1 aromatic heterocycles. The van der Waals surface area contributed by atoms with E-state index in [1.54, 1.807) is 4.90 Å². The Labute approximate surface area is 106 Å². The molecule has 0 aromatic carbocycles. The number of carbonyl (C=O) groups excluding carboxylic acids is 1. The predicted molar refractivity (Wildman–Crippen MR) is 67.9 cm³/mol. The van der Waals surface area contributed by atoms with Gasteiger partial charge in [0.2, 0.25) is 0 Å². The van der Waals surface area contributed by atoms with Gasteiger partial charge >= 0.3 is 0 Å². The Hall–Kier alpha value is -1.73. The minimum atomic E-state index is -0.0876. The van der Waals surface area contributed by atoms with Crippen LogP contribution in [0.3, 0.4) is 0 Å². The number of nitrogen functional groups attached to an aromatic ring is 1. The Bertz CT molecular complexity index is 416. The van der Waals surface area contributed by atoms with Gasteiger partial charge in [-0.05, 0) is 6.54 Å². The number of amides is 1. The normalized spacial score (nSPS) is 16.7. The number of rotatable bonds is 3. The quantitative estimate of drug-likeness (QED) is 0.557. The molecule has 0 saturated carbocycles. The minimum absolute atomic E-state index is 0.0876. The van der Waals surface area contributed by atoms with E-state index in [2.05, 4.69) is 27.2 Å². The van der Waals surface area contributed by atoms with E-state index in [9.17, 15) is 4.79 Å². The lowest BCUT2D eigenvalue weighted by molar-refractivity contribution is 0.0637. The second kappa shape index (κ2) is 5.74. The number of likely N-dealkylation sites (N-methyl/N-ethyl adjacent to an activating group) is 1. The van der Waals surface area contributed by atoms with Crippen LogP contribution >= 0.6 is 0 Å². The highest BCUT2D eigenvalue weighted by molar-refractivity contribution is 5.92. The number of piperazine rings is 1. The van der Waals surface area contributed by atoms with E-state index in [0.29, 0.717) is 11.5 Å². The van der Waals surface area contributed by atoms with Crippen molar-refractivity contribution in [3.63, 3.8) is 0 Å². The van der Waals surface area contributed by atoms with E-state index in [4.69, 9.17) is 5.84 Å². The summed E-state index contributed by atoms with van der Waals surface area (Å²) in [6.07, 6.45) is 2.95. The van der Waals surface area contributed by atoms with Gasteiger partial charge < -0.3 is 15.2 Å². The van der Waals surface area contributed by atoms with Crippen LogP contribution in [0, 0.1) is 0 Å². The third-order valence-electron chi connectivity index (χ3n) is 3.11. The Morgan fingerprint density at radius 3 is 2.72 bits per heavy atom. The zero-order chi connectivity index (χ0) is 13.0. The first-order valence-electron chi connectivity index (χ1n) is 6.05. The van der Waals surface area contributed by atoms with Gasteiger partial charge in [0.15, 0.2) is 5.82 Å². The topological polar surface area (TPSA) is 87.4 Å². The molecule has 0 bridgehead atoms. The summed E-state index contributed by atoms with van der Waals surface area (Å²) in [4.78, 5) is 24.4. The van der Waals surface area contributed by atoms with E-state index in [1.807, 2.05) is 0 Å². The highest BCUT2D eigenvalue weighted by Crippen LogP contribution is 2.08. The molecule has 1 saturated heterocycles. The molecular weight excluding hydrogens is 232 g/mol. The fourth-order valence-corrected chi connectivity index (χ4v) is 1.97. The van der Waals surface area contributed by atoms with Crippen LogP contribution in [0.15, 0.2) is 12.4 Å². The van der Waals surface area contributed by atoms with Crippen molar-refractivity contribution in [2.45, 2.75) is 6.92 Å². The van der Waals surface area contributed by atoms with Crippen LogP contribution in [0.1, 0.15) is 17.4 Å². The summed E-state index contributed by atoms with van der Waals surface area (Å²) >= 11 is 0. The zero-order valence-electron chi connectivity index (χ0n) is 10.5. The second-order valence-electron chi connectivity index (χ2n) is 4.16. The van der Waals surface area contributed by atoms with Crippen molar-refractivity contribution in [2.24, 2.45) is 5.84 Å². The van der Waals surface area contributed by atoms with Crippen molar-refractivity contribution in [3.05, 3.63) is 18.1 Å². The van der Waals surface area contributed by atoms with Crippen LogP contribution in [-0.4, -0.2) is 58.4 Å². The monoisotopic (exact) mass is 250 g/mol. The van der Waals surface area contributed by atoms with Crippen molar-refractivity contribution >= 4 is 11.7 Å². The molecule has 7 heteroatoms. The fourth-order valence-electron chi connectivity index (χ4n) is 1.97. The van der Waals surface area contributed by atoms with Crippen LogP contribution < -0.4 is 11.3 Å². The van der Waals surface area contributed by atoms with Crippen LogP contribution in [0.25, 0.3) is 0 Å². The van der Waals surface area contributed by atoms with Crippen LogP contribution in [0.2, 0.25) is 0 Å². The third kappa shape index (κ3) is 2.74. The maximum absolute atomic E-state index is 12.2. The number of nitrogens with one attached hydrogen (secondary N) is 1. The fraction of sp³-hybridized carbons (Fsp3) is 0.545. The number of hydrazine groups is 1. The van der Waals surface area contributed by atoms with Crippen molar-refractivity contribution in [1.29, 1.82) is 0 Å². The molecule has 1 aliphatic heterocycles. The van der Waals surface area contributed by atoms with Crippen molar-refractivity contribution in [3.8, 4) is 0 Å². The molecule has 0 aliphatic carbocycles. The van der Waals surface area contributed by atoms with Gasteiger partial charge in [-0.2, -0.15) is 0 Å². The Balaban J connectivity index is 2.03. The van der Waals surface area contributed by atoms with Gasteiger partial charge in [0, 0.05) is 26.2 Å². The van der Waals surface area contributed by atoms with Crippen LogP contribution in [0.4, 0.5) is 5.82 Å². The van der Waals surface area contributed by atoms with Gasteiger partial charge in [-0.1, -0.05) is 6.92 Å². The summed E-state index contributed by atoms with van der Waals surface area (Å²) < 4.78 is 0. The molecule has 0 spiro atoms. The average Bonchev–Trinajstić information content (AvgIpc) is 2.46. The predicted octanol–water partition coefficient (Wildman–Crippen LogP) is -0.460. The molecule has 3 N–H and O–H groups in total. The minimum Gasteiger partial charge on any atom is -0.335 e. The average molecular weight is 250 g/mol. The van der Waals surface area contributed by atoms with E-state index < -0.39 is 0 Å². The molecule has 2 heterocycles. The Kier molecular flexibility index (Phi) is 4.06. The molecule has 18 heavy (non-hydrogen) atoms. The van der Waals surface area contributed by atoms with Crippen LogP contribution in [0.5, 0.6) is 0 Å². The van der Waals surface area contributed by atoms with E-state index in [0.717, 1.165) is 32.7 Å². The summed E-state index contributed by atoms with van der Waals surface area (Å²) in [7, 11) is 0. The SMILES string of the molecule is CCN1CCN(C(=O)c2cncc(NN)n2)CC1.